The maximum atomic E-state index is 12.3. The van der Waals surface area contributed by atoms with E-state index in [0.29, 0.717) is 35.4 Å². The summed E-state index contributed by atoms with van der Waals surface area (Å²) in [5.74, 6) is 1.97. The van der Waals surface area contributed by atoms with Gasteiger partial charge in [0.05, 0.1) is 12.3 Å². The van der Waals surface area contributed by atoms with E-state index in [4.69, 9.17) is 4.74 Å². The van der Waals surface area contributed by atoms with Crippen molar-refractivity contribution in [3.05, 3.63) is 79.6 Å². The maximum absolute atomic E-state index is 12.3. The van der Waals surface area contributed by atoms with Gasteiger partial charge in [0.15, 0.2) is 0 Å². The van der Waals surface area contributed by atoms with Crippen molar-refractivity contribution in [2.45, 2.75) is 6.92 Å². The van der Waals surface area contributed by atoms with Gasteiger partial charge in [0, 0.05) is 29.8 Å². The zero-order chi connectivity index (χ0) is 21.5. The van der Waals surface area contributed by atoms with Gasteiger partial charge in [0.25, 0.3) is 0 Å². The third-order valence-electron chi connectivity index (χ3n) is 4.27. The molecule has 0 fully saturated rings. The van der Waals surface area contributed by atoms with Crippen LogP contribution in [-0.2, 0) is 0 Å². The molecule has 0 bridgehead atoms. The summed E-state index contributed by atoms with van der Waals surface area (Å²) in [7, 11) is 0. The van der Waals surface area contributed by atoms with Crippen LogP contribution in [0.25, 0.3) is 5.82 Å². The molecule has 156 valence electrons. The van der Waals surface area contributed by atoms with E-state index in [9.17, 15) is 4.79 Å². The number of hydrogen-bond donors (Lipinski definition) is 3. The van der Waals surface area contributed by atoms with Crippen LogP contribution in [0, 0.1) is 0 Å². The maximum Gasteiger partial charge on any atom is 0.323 e. The lowest BCUT2D eigenvalue weighted by molar-refractivity contribution is 0.262. The van der Waals surface area contributed by atoms with Crippen molar-refractivity contribution in [2.75, 3.05) is 22.6 Å². The molecule has 2 aromatic carbocycles. The number of urea groups is 1. The predicted molar refractivity (Wildman–Crippen MR) is 119 cm³/mol. The molecule has 0 saturated heterocycles. The van der Waals surface area contributed by atoms with Gasteiger partial charge in [0.2, 0.25) is 0 Å². The van der Waals surface area contributed by atoms with Crippen LogP contribution >= 0.6 is 0 Å². The Kier molecular flexibility index (Phi) is 6.03. The number of aromatic nitrogens is 4. The minimum atomic E-state index is -0.353. The molecular weight excluding hydrogens is 394 g/mol. The van der Waals surface area contributed by atoms with Crippen molar-refractivity contribution in [2.24, 2.45) is 0 Å². The minimum Gasteiger partial charge on any atom is -0.492 e. The summed E-state index contributed by atoms with van der Waals surface area (Å²) < 4.78 is 7.32. The SMILES string of the molecule is CCOc1ccccc1NC(=O)Nc1ccc(Nc2cc(-n3ccnc3)ncn2)cc1. The molecule has 4 aromatic rings. The van der Waals surface area contributed by atoms with E-state index >= 15 is 0 Å². The second kappa shape index (κ2) is 9.40. The van der Waals surface area contributed by atoms with Crippen LogP contribution in [0.1, 0.15) is 6.92 Å². The number of para-hydroxylation sites is 2. The highest BCUT2D eigenvalue weighted by atomic mass is 16.5. The van der Waals surface area contributed by atoms with Gasteiger partial charge in [-0.1, -0.05) is 12.1 Å². The van der Waals surface area contributed by atoms with Crippen LogP contribution in [0.4, 0.5) is 27.7 Å². The lowest BCUT2D eigenvalue weighted by Crippen LogP contribution is -2.19. The topological polar surface area (TPSA) is 106 Å². The zero-order valence-corrected chi connectivity index (χ0v) is 16.8. The normalized spacial score (nSPS) is 10.4. The third-order valence-corrected chi connectivity index (χ3v) is 4.27. The molecule has 0 aliphatic carbocycles. The number of benzene rings is 2. The molecule has 0 atom stereocenters. The number of rotatable bonds is 7. The van der Waals surface area contributed by atoms with Crippen LogP contribution in [0.3, 0.4) is 0 Å². The summed E-state index contributed by atoms with van der Waals surface area (Å²) in [5, 5.41) is 8.83. The smallest absolute Gasteiger partial charge is 0.323 e. The summed E-state index contributed by atoms with van der Waals surface area (Å²) >= 11 is 0. The third kappa shape index (κ3) is 5.15. The van der Waals surface area contributed by atoms with E-state index in [-0.39, 0.29) is 6.03 Å². The first kappa shape index (κ1) is 19.9. The van der Waals surface area contributed by atoms with Crippen molar-refractivity contribution < 1.29 is 9.53 Å². The van der Waals surface area contributed by atoms with E-state index in [1.54, 1.807) is 35.3 Å². The molecule has 0 saturated carbocycles. The molecule has 9 nitrogen and oxygen atoms in total. The number of nitrogens with one attached hydrogen (secondary N) is 3. The zero-order valence-electron chi connectivity index (χ0n) is 16.8. The molecule has 4 rings (SSSR count). The van der Waals surface area contributed by atoms with Crippen molar-refractivity contribution in [3.63, 3.8) is 0 Å². The Morgan fingerprint density at radius 3 is 2.61 bits per heavy atom. The molecule has 9 heteroatoms. The molecule has 3 N–H and O–H groups in total. The van der Waals surface area contributed by atoms with E-state index in [1.807, 2.05) is 49.5 Å². The summed E-state index contributed by atoms with van der Waals surface area (Å²) in [6.45, 7) is 2.41. The Morgan fingerprint density at radius 2 is 1.84 bits per heavy atom. The fraction of sp³-hybridized carbons (Fsp3) is 0.0909. The van der Waals surface area contributed by atoms with Crippen molar-refractivity contribution in [1.82, 2.24) is 19.5 Å². The number of carbonyl (C=O) groups excluding carboxylic acids is 1. The Balaban J connectivity index is 1.38. The van der Waals surface area contributed by atoms with Crippen LogP contribution < -0.4 is 20.7 Å². The Morgan fingerprint density at radius 1 is 1.03 bits per heavy atom. The van der Waals surface area contributed by atoms with Gasteiger partial charge in [-0.3, -0.25) is 4.57 Å². The Bertz CT molecular complexity index is 1140. The van der Waals surface area contributed by atoms with E-state index < -0.39 is 0 Å². The quantitative estimate of drug-likeness (QED) is 0.412. The van der Waals surface area contributed by atoms with Gasteiger partial charge in [-0.15, -0.1) is 0 Å². The Labute approximate surface area is 179 Å². The van der Waals surface area contributed by atoms with Crippen molar-refractivity contribution in [3.8, 4) is 11.6 Å². The number of amides is 2. The van der Waals surface area contributed by atoms with Crippen LogP contribution in [-0.4, -0.2) is 32.2 Å². The Hall–Kier alpha value is -4.40. The van der Waals surface area contributed by atoms with Gasteiger partial charge in [0.1, 0.15) is 30.0 Å². The number of ether oxygens (including phenoxy) is 1. The lowest BCUT2D eigenvalue weighted by atomic mass is 10.2. The van der Waals surface area contributed by atoms with E-state index in [2.05, 4.69) is 30.9 Å². The van der Waals surface area contributed by atoms with E-state index in [1.165, 1.54) is 6.33 Å². The molecule has 2 heterocycles. The van der Waals surface area contributed by atoms with Crippen LogP contribution in [0.5, 0.6) is 5.75 Å². The fourth-order valence-corrected chi connectivity index (χ4v) is 2.87. The van der Waals surface area contributed by atoms with Gasteiger partial charge in [-0.05, 0) is 43.3 Å². The second-order valence-electron chi connectivity index (χ2n) is 6.44. The summed E-state index contributed by atoms with van der Waals surface area (Å²) in [4.78, 5) is 24.8. The summed E-state index contributed by atoms with van der Waals surface area (Å²) in [6.07, 6.45) is 6.65. The highest BCUT2D eigenvalue weighted by Gasteiger charge is 2.08. The number of imidazole rings is 1. The largest absolute Gasteiger partial charge is 0.492 e. The molecule has 0 aliphatic rings. The van der Waals surface area contributed by atoms with Crippen LogP contribution in [0.15, 0.2) is 79.6 Å². The first-order valence-corrected chi connectivity index (χ1v) is 9.68. The molecule has 0 radical (unpaired) electrons. The van der Waals surface area contributed by atoms with Gasteiger partial charge < -0.3 is 20.7 Å². The van der Waals surface area contributed by atoms with Crippen molar-refractivity contribution >= 4 is 28.9 Å². The number of anilines is 4. The molecule has 0 unspecified atom stereocenters. The molecule has 2 aromatic heterocycles. The monoisotopic (exact) mass is 415 g/mol. The minimum absolute atomic E-state index is 0.353. The fourth-order valence-electron chi connectivity index (χ4n) is 2.87. The highest BCUT2D eigenvalue weighted by molar-refractivity contribution is 6.00. The number of nitrogens with zero attached hydrogens (tertiary/aromatic N) is 4. The standard InChI is InChI=1S/C22H21N7O2/c1-2-31-19-6-4-3-5-18(19)28-22(30)27-17-9-7-16(8-10-17)26-20-13-21(25-14-24-20)29-12-11-23-15-29/h3-15H,2H2,1H3,(H,24,25,26)(H2,27,28,30). The average Bonchev–Trinajstić information content (AvgIpc) is 3.32. The first-order valence-electron chi connectivity index (χ1n) is 9.68. The molecule has 2 amide bonds. The second-order valence-corrected chi connectivity index (χ2v) is 6.44. The predicted octanol–water partition coefficient (Wildman–Crippen LogP) is 4.45. The van der Waals surface area contributed by atoms with Gasteiger partial charge in [-0.2, -0.15) is 0 Å². The molecule has 0 spiro atoms. The molecule has 31 heavy (non-hydrogen) atoms. The van der Waals surface area contributed by atoms with Gasteiger partial charge in [-0.25, -0.2) is 19.7 Å². The highest BCUT2D eigenvalue weighted by Crippen LogP contribution is 2.24. The molecular formula is C22H21N7O2. The summed E-state index contributed by atoms with van der Waals surface area (Å²) in [6, 6.07) is 16.1. The van der Waals surface area contributed by atoms with Gasteiger partial charge >= 0.3 is 6.03 Å². The average molecular weight is 415 g/mol. The van der Waals surface area contributed by atoms with E-state index in [0.717, 1.165) is 5.69 Å². The van der Waals surface area contributed by atoms with Crippen molar-refractivity contribution in [1.29, 1.82) is 0 Å². The molecule has 0 aliphatic heterocycles. The first-order chi connectivity index (χ1) is 15.2. The number of carbonyl (C=O) groups is 1. The summed E-state index contributed by atoms with van der Waals surface area (Å²) in [5.41, 5.74) is 2.08. The number of hydrogen-bond acceptors (Lipinski definition) is 6. The van der Waals surface area contributed by atoms with Crippen LogP contribution in [0.2, 0.25) is 0 Å². The lowest BCUT2D eigenvalue weighted by Gasteiger charge is -2.12.